The Morgan fingerprint density at radius 3 is 2.06 bits per heavy atom. The molecule has 0 saturated heterocycles. The largest absolute Gasteiger partial charge is 0.491 e. The van der Waals surface area contributed by atoms with Crippen molar-refractivity contribution in [3.63, 3.8) is 0 Å². The molecule has 0 aliphatic heterocycles. The number of hydrogen-bond acceptors (Lipinski definition) is 3. The second kappa shape index (κ2) is 9.02. The van der Waals surface area contributed by atoms with Crippen molar-refractivity contribution in [3.8, 4) is 5.75 Å². The Morgan fingerprint density at radius 1 is 0.824 bits per heavy atom. The minimum Gasteiger partial charge on any atom is -0.491 e. The molecule has 0 aliphatic rings. The van der Waals surface area contributed by atoms with Crippen molar-refractivity contribution in [3.05, 3.63) is 29.8 Å². The van der Waals surface area contributed by atoms with Crippen molar-refractivity contribution in [2.45, 2.75) is 20.3 Å². The highest BCUT2D eigenvalue weighted by molar-refractivity contribution is 5.26. The van der Waals surface area contributed by atoms with E-state index < -0.39 is 0 Å². The summed E-state index contributed by atoms with van der Waals surface area (Å²) in [5, 5.41) is 0. The van der Waals surface area contributed by atoms with Crippen molar-refractivity contribution in [2.75, 3.05) is 33.0 Å². The molecule has 0 atom stereocenters. The second-order valence-corrected chi connectivity index (χ2v) is 3.89. The van der Waals surface area contributed by atoms with Crippen LogP contribution in [0.3, 0.4) is 0 Å². The molecule has 0 amide bonds. The summed E-state index contributed by atoms with van der Waals surface area (Å²) in [4.78, 5) is 0. The lowest BCUT2D eigenvalue weighted by Crippen LogP contribution is -2.11. The van der Waals surface area contributed by atoms with Gasteiger partial charge in [0.25, 0.3) is 0 Å². The quantitative estimate of drug-likeness (QED) is 0.619. The SMILES string of the molecule is CCCOCCOCCOc1ccc(C)cc1. The third-order valence-electron chi connectivity index (χ3n) is 2.24. The molecule has 1 aromatic carbocycles. The summed E-state index contributed by atoms with van der Waals surface area (Å²) in [7, 11) is 0. The van der Waals surface area contributed by atoms with Gasteiger partial charge in [0.2, 0.25) is 0 Å². The van der Waals surface area contributed by atoms with E-state index in [0.717, 1.165) is 18.8 Å². The van der Waals surface area contributed by atoms with E-state index in [1.807, 2.05) is 24.3 Å². The van der Waals surface area contributed by atoms with Crippen molar-refractivity contribution < 1.29 is 14.2 Å². The first-order valence-electron chi connectivity index (χ1n) is 6.18. The molecular weight excluding hydrogens is 216 g/mol. The molecule has 1 rings (SSSR count). The van der Waals surface area contributed by atoms with Gasteiger partial charge in [0.05, 0.1) is 19.8 Å². The van der Waals surface area contributed by atoms with Gasteiger partial charge < -0.3 is 14.2 Å². The van der Waals surface area contributed by atoms with E-state index in [4.69, 9.17) is 14.2 Å². The molecule has 0 bridgehead atoms. The van der Waals surface area contributed by atoms with Crippen LogP contribution in [0.5, 0.6) is 5.75 Å². The fraction of sp³-hybridized carbons (Fsp3) is 0.571. The van der Waals surface area contributed by atoms with Crippen molar-refractivity contribution >= 4 is 0 Å². The Labute approximate surface area is 104 Å². The van der Waals surface area contributed by atoms with E-state index in [1.54, 1.807) is 0 Å². The molecule has 0 fully saturated rings. The number of rotatable bonds is 9. The van der Waals surface area contributed by atoms with Crippen LogP contribution in [0, 0.1) is 6.92 Å². The summed E-state index contributed by atoms with van der Waals surface area (Å²) in [5.74, 6) is 0.890. The van der Waals surface area contributed by atoms with Gasteiger partial charge in [0, 0.05) is 6.61 Å². The number of hydrogen-bond donors (Lipinski definition) is 0. The Bertz CT molecular complexity index is 282. The predicted octanol–water partition coefficient (Wildman–Crippen LogP) is 2.82. The third-order valence-corrected chi connectivity index (χ3v) is 2.24. The summed E-state index contributed by atoms with van der Waals surface area (Å²) in [6.45, 7) is 7.44. The van der Waals surface area contributed by atoms with Crippen LogP contribution in [0.25, 0.3) is 0 Å². The lowest BCUT2D eigenvalue weighted by atomic mass is 10.2. The molecule has 3 nitrogen and oxygen atoms in total. The maximum Gasteiger partial charge on any atom is 0.119 e. The monoisotopic (exact) mass is 238 g/mol. The molecule has 0 radical (unpaired) electrons. The van der Waals surface area contributed by atoms with Gasteiger partial charge in [-0.3, -0.25) is 0 Å². The molecule has 0 saturated carbocycles. The Morgan fingerprint density at radius 2 is 1.41 bits per heavy atom. The Kier molecular flexibility index (Phi) is 7.43. The van der Waals surface area contributed by atoms with Gasteiger partial charge in [-0.2, -0.15) is 0 Å². The van der Waals surface area contributed by atoms with E-state index in [-0.39, 0.29) is 0 Å². The van der Waals surface area contributed by atoms with Crippen LogP contribution < -0.4 is 4.74 Å². The number of benzene rings is 1. The molecule has 0 spiro atoms. The minimum absolute atomic E-state index is 0.580. The van der Waals surface area contributed by atoms with Crippen LogP contribution in [-0.4, -0.2) is 33.0 Å². The van der Waals surface area contributed by atoms with Crippen LogP contribution >= 0.6 is 0 Å². The summed E-state index contributed by atoms with van der Waals surface area (Å²) >= 11 is 0. The summed E-state index contributed by atoms with van der Waals surface area (Å²) in [6, 6.07) is 8.02. The third kappa shape index (κ3) is 6.97. The fourth-order valence-electron chi connectivity index (χ4n) is 1.32. The van der Waals surface area contributed by atoms with Gasteiger partial charge in [0.15, 0.2) is 0 Å². The second-order valence-electron chi connectivity index (χ2n) is 3.89. The first kappa shape index (κ1) is 14.0. The molecule has 0 unspecified atom stereocenters. The number of ether oxygens (including phenoxy) is 3. The van der Waals surface area contributed by atoms with Crippen LogP contribution in [-0.2, 0) is 9.47 Å². The molecule has 3 heteroatoms. The first-order chi connectivity index (χ1) is 8.33. The van der Waals surface area contributed by atoms with Crippen molar-refractivity contribution in [1.82, 2.24) is 0 Å². The zero-order chi connectivity index (χ0) is 12.3. The highest BCUT2D eigenvalue weighted by Crippen LogP contribution is 2.10. The molecule has 0 heterocycles. The molecule has 0 aliphatic carbocycles. The maximum atomic E-state index is 5.52. The zero-order valence-corrected chi connectivity index (χ0v) is 10.8. The molecule has 96 valence electrons. The Hall–Kier alpha value is -1.06. The standard InChI is InChI=1S/C14H22O3/c1-3-8-15-9-10-16-11-12-17-14-6-4-13(2)5-7-14/h4-7H,3,8-12H2,1-2H3. The van der Waals surface area contributed by atoms with Crippen LogP contribution in [0.2, 0.25) is 0 Å². The topological polar surface area (TPSA) is 27.7 Å². The first-order valence-corrected chi connectivity index (χ1v) is 6.18. The minimum atomic E-state index is 0.580. The van der Waals surface area contributed by atoms with Gasteiger partial charge in [-0.1, -0.05) is 24.6 Å². The molecule has 0 aromatic heterocycles. The van der Waals surface area contributed by atoms with Gasteiger partial charge in [0.1, 0.15) is 12.4 Å². The maximum absolute atomic E-state index is 5.52. The Balaban J connectivity index is 1.95. The molecule has 0 N–H and O–H groups in total. The lowest BCUT2D eigenvalue weighted by molar-refractivity contribution is 0.0366. The summed E-state index contributed by atoms with van der Waals surface area (Å²) in [6.07, 6.45) is 1.05. The molecule has 1 aromatic rings. The van der Waals surface area contributed by atoms with Gasteiger partial charge in [-0.15, -0.1) is 0 Å². The van der Waals surface area contributed by atoms with Crippen molar-refractivity contribution in [1.29, 1.82) is 0 Å². The highest BCUT2D eigenvalue weighted by atomic mass is 16.5. The average molecular weight is 238 g/mol. The van der Waals surface area contributed by atoms with Crippen LogP contribution in [0.15, 0.2) is 24.3 Å². The normalized spacial score (nSPS) is 10.5. The van der Waals surface area contributed by atoms with Gasteiger partial charge in [-0.25, -0.2) is 0 Å². The van der Waals surface area contributed by atoms with E-state index in [0.29, 0.717) is 26.4 Å². The fourth-order valence-corrected chi connectivity index (χ4v) is 1.32. The van der Waals surface area contributed by atoms with Crippen LogP contribution in [0.4, 0.5) is 0 Å². The summed E-state index contributed by atoms with van der Waals surface area (Å²) in [5.41, 5.74) is 1.24. The molecule has 17 heavy (non-hydrogen) atoms. The van der Waals surface area contributed by atoms with Gasteiger partial charge in [-0.05, 0) is 25.5 Å². The summed E-state index contributed by atoms with van der Waals surface area (Å²) < 4.78 is 16.2. The number of aryl methyl sites for hydroxylation is 1. The van der Waals surface area contributed by atoms with Crippen molar-refractivity contribution in [2.24, 2.45) is 0 Å². The smallest absolute Gasteiger partial charge is 0.119 e. The average Bonchev–Trinajstić information content (AvgIpc) is 2.35. The van der Waals surface area contributed by atoms with E-state index in [2.05, 4.69) is 13.8 Å². The highest BCUT2D eigenvalue weighted by Gasteiger charge is 1.93. The van der Waals surface area contributed by atoms with E-state index in [1.165, 1.54) is 5.56 Å². The molecular formula is C14H22O3. The van der Waals surface area contributed by atoms with E-state index in [9.17, 15) is 0 Å². The lowest BCUT2D eigenvalue weighted by Gasteiger charge is -2.07. The van der Waals surface area contributed by atoms with Crippen LogP contribution in [0.1, 0.15) is 18.9 Å². The zero-order valence-electron chi connectivity index (χ0n) is 10.8. The predicted molar refractivity (Wildman–Crippen MR) is 68.6 cm³/mol. The van der Waals surface area contributed by atoms with E-state index >= 15 is 0 Å². The van der Waals surface area contributed by atoms with Gasteiger partial charge >= 0.3 is 0 Å².